The van der Waals surface area contributed by atoms with Crippen molar-refractivity contribution in [2.75, 3.05) is 17.9 Å². The van der Waals surface area contributed by atoms with Crippen LogP contribution >= 0.6 is 0 Å². The smallest absolute Gasteiger partial charge is 0.261 e. The molecule has 0 heterocycles. The van der Waals surface area contributed by atoms with E-state index in [4.69, 9.17) is 9.47 Å². The van der Waals surface area contributed by atoms with Crippen molar-refractivity contribution in [3.8, 4) is 11.5 Å². The van der Waals surface area contributed by atoms with Gasteiger partial charge in [0.1, 0.15) is 0 Å². The van der Waals surface area contributed by atoms with Crippen LogP contribution in [0.1, 0.15) is 13.8 Å². The summed E-state index contributed by atoms with van der Waals surface area (Å²) in [6.07, 6.45) is 0. The maximum atomic E-state index is 12.7. The number of anilines is 1. The Kier molecular flexibility index (Phi) is 5.32. The van der Waals surface area contributed by atoms with Crippen molar-refractivity contribution in [3.63, 3.8) is 0 Å². The molecule has 0 spiro atoms. The summed E-state index contributed by atoms with van der Waals surface area (Å²) in [5.41, 5.74) is 0.421. The van der Waals surface area contributed by atoms with E-state index in [1.165, 1.54) is 0 Å². The standard InChI is InChI=1S/C20H21NO4S/c1-3-24-19-12-10-17(14-20(19)25-4-2)21-26(22,23)18-11-9-15-7-5-6-8-16(15)13-18/h5-14,21H,3-4H2,1-2H3. The lowest BCUT2D eigenvalue weighted by Crippen LogP contribution is -2.13. The van der Waals surface area contributed by atoms with Crippen LogP contribution in [0.15, 0.2) is 65.6 Å². The summed E-state index contributed by atoms with van der Waals surface area (Å²) in [6, 6.07) is 17.7. The molecule has 3 rings (SSSR count). The van der Waals surface area contributed by atoms with Crippen molar-refractivity contribution >= 4 is 26.5 Å². The summed E-state index contributed by atoms with van der Waals surface area (Å²) in [4.78, 5) is 0.211. The summed E-state index contributed by atoms with van der Waals surface area (Å²) < 4.78 is 39.1. The SMILES string of the molecule is CCOc1ccc(NS(=O)(=O)c2ccc3ccccc3c2)cc1OCC. The van der Waals surface area contributed by atoms with Crippen molar-refractivity contribution in [1.82, 2.24) is 0 Å². The van der Waals surface area contributed by atoms with E-state index >= 15 is 0 Å². The molecule has 0 aliphatic rings. The second-order valence-corrected chi connectivity index (χ2v) is 7.32. The molecule has 0 radical (unpaired) electrons. The van der Waals surface area contributed by atoms with Crippen molar-refractivity contribution in [3.05, 3.63) is 60.7 Å². The van der Waals surface area contributed by atoms with Crippen LogP contribution in [0, 0.1) is 0 Å². The molecule has 0 amide bonds. The van der Waals surface area contributed by atoms with Gasteiger partial charge >= 0.3 is 0 Å². The summed E-state index contributed by atoms with van der Waals surface area (Å²) in [5, 5.41) is 1.86. The maximum absolute atomic E-state index is 12.7. The highest BCUT2D eigenvalue weighted by atomic mass is 32.2. The van der Waals surface area contributed by atoms with Gasteiger partial charge < -0.3 is 9.47 Å². The second-order valence-electron chi connectivity index (χ2n) is 5.64. The maximum Gasteiger partial charge on any atom is 0.261 e. The minimum atomic E-state index is -3.71. The van der Waals surface area contributed by atoms with E-state index in [1.54, 1.807) is 36.4 Å². The lowest BCUT2D eigenvalue weighted by molar-refractivity contribution is 0.288. The molecule has 0 saturated carbocycles. The largest absolute Gasteiger partial charge is 0.490 e. The first-order chi connectivity index (χ1) is 12.5. The van der Waals surface area contributed by atoms with Gasteiger partial charge in [-0.15, -0.1) is 0 Å². The van der Waals surface area contributed by atoms with E-state index in [-0.39, 0.29) is 4.90 Å². The molecule has 3 aromatic rings. The highest BCUT2D eigenvalue weighted by Gasteiger charge is 2.16. The van der Waals surface area contributed by atoms with Crippen LogP contribution in [0.3, 0.4) is 0 Å². The van der Waals surface area contributed by atoms with E-state index in [0.29, 0.717) is 30.4 Å². The van der Waals surface area contributed by atoms with Gasteiger partial charge in [-0.1, -0.05) is 30.3 Å². The zero-order valence-electron chi connectivity index (χ0n) is 14.7. The Balaban J connectivity index is 1.91. The predicted molar refractivity (Wildman–Crippen MR) is 104 cm³/mol. The number of hydrogen-bond donors (Lipinski definition) is 1. The third kappa shape index (κ3) is 3.91. The summed E-state index contributed by atoms with van der Waals surface area (Å²) in [6.45, 7) is 4.71. The van der Waals surface area contributed by atoms with E-state index in [1.807, 2.05) is 38.1 Å². The van der Waals surface area contributed by atoms with Gasteiger partial charge in [0.25, 0.3) is 10.0 Å². The van der Waals surface area contributed by atoms with Crippen LogP contribution in [-0.4, -0.2) is 21.6 Å². The van der Waals surface area contributed by atoms with Crippen molar-refractivity contribution in [2.45, 2.75) is 18.7 Å². The summed E-state index contributed by atoms with van der Waals surface area (Å²) in [5.74, 6) is 1.09. The number of hydrogen-bond acceptors (Lipinski definition) is 4. The van der Waals surface area contributed by atoms with E-state index in [9.17, 15) is 8.42 Å². The molecule has 5 nitrogen and oxygen atoms in total. The first-order valence-corrected chi connectivity index (χ1v) is 9.93. The quantitative estimate of drug-likeness (QED) is 0.667. The van der Waals surface area contributed by atoms with Gasteiger partial charge in [0, 0.05) is 6.07 Å². The minimum absolute atomic E-state index is 0.211. The van der Waals surface area contributed by atoms with Gasteiger partial charge in [0.2, 0.25) is 0 Å². The zero-order valence-corrected chi connectivity index (χ0v) is 15.5. The van der Waals surface area contributed by atoms with Crippen LogP contribution < -0.4 is 14.2 Å². The van der Waals surface area contributed by atoms with Gasteiger partial charge in [-0.25, -0.2) is 8.42 Å². The van der Waals surface area contributed by atoms with E-state index in [0.717, 1.165) is 10.8 Å². The molecular formula is C20H21NO4S. The normalized spacial score (nSPS) is 11.3. The number of ether oxygens (including phenoxy) is 2. The second kappa shape index (κ2) is 7.66. The van der Waals surface area contributed by atoms with Crippen LogP contribution in [-0.2, 0) is 10.0 Å². The fourth-order valence-electron chi connectivity index (χ4n) is 2.66. The Bertz CT molecular complexity index is 1020. The van der Waals surface area contributed by atoms with Gasteiger partial charge in [0.05, 0.1) is 23.8 Å². The van der Waals surface area contributed by atoms with Crippen molar-refractivity contribution in [1.29, 1.82) is 0 Å². The zero-order chi connectivity index (χ0) is 18.6. The molecule has 0 aromatic heterocycles. The molecule has 0 bridgehead atoms. The third-order valence-electron chi connectivity index (χ3n) is 3.83. The first-order valence-electron chi connectivity index (χ1n) is 8.44. The number of nitrogens with one attached hydrogen (secondary N) is 1. The molecule has 6 heteroatoms. The minimum Gasteiger partial charge on any atom is -0.490 e. The van der Waals surface area contributed by atoms with Crippen LogP contribution in [0.25, 0.3) is 10.8 Å². The van der Waals surface area contributed by atoms with Crippen LogP contribution in [0.5, 0.6) is 11.5 Å². The Morgan fingerprint density at radius 1 is 0.808 bits per heavy atom. The Labute approximate surface area is 153 Å². The molecule has 136 valence electrons. The Hall–Kier alpha value is -2.73. The topological polar surface area (TPSA) is 64.6 Å². The Morgan fingerprint density at radius 3 is 2.23 bits per heavy atom. The molecule has 3 aromatic carbocycles. The average Bonchev–Trinajstić information content (AvgIpc) is 2.63. The number of sulfonamides is 1. The number of fused-ring (bicyclic) bond motifs is 1. The average molecular weight is 371 g/mol. The Morgan fingerprint density at radius 2 is 1.50 bits per heavy atom. The van der Waals surface area contributed by atoms with Gasteiger partial charge in [0.15, 0.2) is 11.5 Å². The molecule has 0 fully saturated rings. The van der Waals surface area contributed by atoms with Gasteiger partial charge in [-0.05, 0) is 48.9 Å². The van der Waals surface area contributed by atoms with Crippen molar-refractivity contribution in [2.24, 2.45) is 0 Å². The van der Waals surface area contributed by atoms with E-state index < -0.39 is 10.0 Å². The molecule has 0 aliphatic heterocycles. The predicted octanol–water partition coefficient (Wildman–Crippen LogP) is 4.44. The van der Waals surface area contributed by atoms with Gasteiger partial charge in [-0.2, -0.15) is 0 Å². The summed E-state index contributed by atoms with van der Waals surface area (Å²) in [7, 11) is -3.71. The molecular weight excluding hydrogens is 350 g/mol. The molecule has 1 N–H and O–H groups in total. The molecule has 0 saturated heterocycles. The molecule has 26 heavy (non-hydrogen) atoms. The first kappa shape index (κ1) is 18.1. The number of rotatable bonds is 7. The van der Waals surface area contributed by atoms with Crippen molar-refractivity contribution < 1.29 is 17.9 Å². The lowest BCUT2D eigenvalue weighted by atomic mass is 10.1. The van der Waals surface area contributed by atoms with E-state index in [2.05, 4.69) is 4.72 Å². The monoisotopic (exact) mass is 371 g/mol. The highest BCUT2D eigenvalue weighted by molar-refractivity contribution is 7.92. The van der Waals surface area contributed by atoms with Crippen LogP contribution in [0.4, 0.5) is 5.69 Å². The fraction of sp³-hybridized carbons (Fsp3) is 0.200. The molecule has 0 aliphatic carbocycles. The lowest BCUT2D eigenvalue weighted by Gasteiger charge is -2.14. The molecule has 0 unspecified atom stereocenters. The van der Waals surface area contributed by atoms with Gasteiger partial charge in [-0.3, -0.25) is 4.72 Å². The number of benzene rings is 3. The fourth-order valence-corrected chi connectivity index (χ4v) is 3.75. The third-order valence-corrected chi connectivity index (χ3v) is 5.21. The molecule has 0 atom stereocenters. The van der Waals surface area contributed by atoms with Crippen LogP contribution in [0.2, 0.25) is 0 Å². The summed E-state index contributed by atoms with van der Waals surface area (Å²) >= 11 is 0. The highest BCUT2D eigenvalue weighted by Crippen LogP contribution is 2.31.